The van der Waals surface area contributed by atoms with Crippen molar-refractivity contribution in [3.05, 3.63) is 30.0 Å². The van der Waals surface area contributed by atoms with E-state index in [1.165, 1.54) is 0 Å². The Morgan fingerprint density at radius 3 is 3.18 bits per heavy atom. The maximum Gasteiger partial charge on any atom is 0.115 e. The summed E-state index contributed by atoms with van der Waals surface area (Å²) >= 11 is 0. The Labute approximate surface area is 63.0 Å². The van der Waals surface area contributed by atoms with Gasteiger partial charge in [-0.25, -0.2) is 4.39 Å². The molecule has 1 aromatic heterocycles. The van der Waals surface area contributed by atoms with Gasteiger partial charge in [0.05, 0.1) is 11.7 Å². The number of halogens is 1. The van der Waals surface area contributed by atoms with Crippen LogP contribution >= 0.6 is 0 Å². The summed E-state index contributed by atoms with van der Waals surface area (Å²) in [6.45, 7) is -0.422. The lowest BCUT2D eigenvalue weighted by Crippen LogP contribution is -1.76. The van der Waals surface area contributed by atoms with Gasteiger partial charge in [0.25, 0.3) is 0 Å². The molecule has 0 fully saturated rings. The molecule has 0 atom stereocenters. The van der Waals surface area contributed by atoms with Crippen LogP contribution in [0.15, 0.2) is 24.4 Å². The highest BCUT2D eigenvalue weighted by Crippen LogP contribution is 2.12. The summed E-state index contributed by atoms with van der Waals surface area (Å²) in [5, 5.41) is 7.62. The van der Waals surface area contributed by atoms with Crippen LogP contribution in [0, 0.1) is 0 Å². The van der Waals surface area contributed by atoms with E-state index in [9.17, 15) is 4.39 Å². The maximum atomic E-state index is 12.1. The van der Waals surface area contributed by atoms with E-state index in [1.807, 2.05) is 6.07 Å². The lowest BCUT2D eigenvalue weighted by Gasteiger charge is -1.92. The number of aromatic nitrogens is 2. The summed E-state index contributed by atoms with van der Waals surface area (Å²) in [5.74, 6) is 0. The third-order valence-electron chi connectivity index (χ3n) is 1.66. The highest BCUT2D eigenvalue weighted by atomic mass is 19.1. The van der Waals surface area contributed by atoms with Gasteiger partial charge in [0.2, 0.25) is 0 Å². The molecule has 3 heteroatoms. The lowest BCUT2D eigenvalue weighted by atomic mass is 10.2. The van der Waals surface area contributed by atoms with Gasteiger partial charge in [0, 0.05) is 5.39 Å². The number of fused-ring (bicyclic) bond motifs is 1. The van der Waals surface area contributed by atoms with Gasteiger partial charge >= 0.3 is 0 Å². The molecule has 0 spiro atoms. The molecule has 1 aromatic carbocycles. The minimum absolute atomic E-state index is 0.422. The Kier molecular flexibility index (Phi) is 1.35. The fourth-order valence-corrected chi connectivity index (χ4v) is 1.07. The molecular formula is C8H7FN2. The van der Waals surface area contributed by atoms with E-state index in [0.29, 0.717) is 5.56 Å². The van der Waals surface area contributed by atoms with Crippen LogP contribution in [0.4, 0.5) is 4.39 Å². The second-order valence-corrected chi connectivity index (χ2v) is 2.43. The summed E-state index contributed by atoms with van der Waals surface area (Å²) in [5.41, 5.74) is 1.57. The Bertz CT molecular complexity index is 367. The summed E-state index contributed by atoms with van der Waals surface area (Å²) in [6, 6.07) is 5.38. The summed E-state index contributed by atoms with van der Waals surface area (Å²) < 4.78 is 12.1. The van der Waals surface area contributed by atoms with Crippen LogP contribution in [0.3, 0.4) is 0 Å². The average molecular weight is 150 g/mol. The highest BCUT2D eigenvalue weighted by molar-refractivity contribution is 5.78. The Morgan fingerprint density at radius 1 is 1.45 bits per heavy atom. The zero-order valence-corrected chi connectivity index (χ0v) is 5.84. The number of alkyl halides is 1. The van der Waals surface area contributed by atoms with Crippen molar-refractivity contribution in [1.29, 1.82) is 0 Å². The predicted molar refractivity (Wildman–Crippen MR) is 40.9 cm³/mol. The first-order chi connectivity index (χ1) is 5.40. The minimum atomic E-state index is -0.422. The first-order valence-corrected chi connectivity index (χ1v) is 3.38. The normalized spacial score (nSPS) is 10.6. The molecule has 1 heterocycles. The Balaban J connectivity index is 2.67. The van der Waals surface area contributed by atoms with Gasteiger partial charge in [-0.3, -0.25) is 5.10 Å². The van der Waals surface area contributed by atoms with Crippen LogP contribution < -0.4 is 0 Å². The van der Waals surface area contributed by atoms with Gasteiger partial charge in [0.1, 0.15) is 6.67 Å². The third kappa shape index (κ3) is 0.981. The number of aromatic amines is 1. The van der Waals surface area contributed by atoms with Crippen LogP contribution in [-0.2, 0) is 6.67 Å². The van der Waals surface area contributed by atoms with Gasteiger partial charge in [-0.1, -0.05) is 12.1 Å². The van der Waals surface area contributed by atoms with Crippen LogP contribution in [0.1, 0.15) is 5.56 Å². The van der Waals surface area contributed by atoms with Crippen molar-refractivity contribution in [2.24, 2.45) is 0 Å². The minimum Gasteiger partial charge on any atom is -0.278 e. The van der Waals surface area contributed by atoms with E-state index in [2.05, 4.69) is 10.2 Å². The van der Waals surface area contributed by atoms with Crippen molar-refractivity contribution in [3.8, 4) is 0 Å². The first-order valence-electron chi connectivity index (χ1n) is 3.38. The predicted octanol–water partition coefficient (Wildman–Crippen LogP) is 2.03. The zero-order chi connectivity index (χ0) is 7.68. The lowest BCUT2D eigenvalue weighted by molar-refractivity contribution is 0.485. The van der Waals surface area contributed by atoms with Crippen molar-refractivity contribution in [3.63, 3.8) is 0 Å². The average Bonchev–Trinajstić information content (AvgIpc) is 2.50. The van der Waals surface area contributed by atoms with Crippen molar-refractivity contribution in [2.45, 2.75) is 6.67 Å². The summed E-state index contributed by atoms with van der Waals surface area (Å²) in [4.78, 5) is 0. The number of nitrogens with zero attached hydrogens (tertiary/aromatic N) is 1. The second-order valence-electron chi connectivity index (χ2n) is 2.43. The number of rotatable bonds is 1. The van der Waals surface area contributed by atoms with E-state index in [1.54, 1.807) is 18.3 Å². The number of benzene rings is 1. The van der Waals surface area contributed by atoms with E-state index in [-0.39, 0.29) is 0 Å². The maximum absolute atomic E-state index is 12.1. The quantitative estimate of drug-likeness (QED) is 0.662. The molecule has 0 saturated carbocycles. The van der Waals surface area contributed by atoms with Crippen molar-refractivity contribution in [1.82, 2.24) is 10.2 Å². The van der Waals surface area contributed by atoms with Gasteiger partial charge in [-0.05, 0) is 11.6 Å². The largest absolute Gasteiger partial charge is 0.278 e. The van der Waals surface area contributed by atoms with Gasteiger partial charge < -0.3 is 0 Å². The van der Waals surface area contributed by atoms with Crippen molar-refractivity contribution in [2.75, 3.05) is 0 Å². The van der Waals surface area contributed by atoms with E-state index in [4.69, 9.17) is 0 Å². The monoisotopic (exact) mass is 150 g/mol. The van der Waals surface area contributed by atoms with Crippen LogP contribution in [0.25, 0.3) is 10.9 Å². The molecule has 0 unspecified atom stereocenters. The number of nitrogens with one attached hydrogen (secondary N) is 1. The van der Waals surface area contributed by atoms with Crippen LogP contribution in [-0.4, -0.2) is 10.2 Å². The summed E-state index contributed by atoms with van der Waals surface area (Å²) in [6.07, 6.45) is 1.72. The molecule has 0 bridgehead atoms. The molecule has 1 N–H and O–H groups in total. The number of hydrogen-bond acceptors (Lipinski definition) is 1. The molecule has 56 valence electrons. The molecular weight excluding hydrogens is 143 g/mol. The molecule has 0 radical (unpaired) electrons. The third-order valence-corrected chi connectivity index (χ3v) is 1.66. The molecule has 0 amide bonds. The molecule has 0 aliphatic carbocycles. The molecule has 0 saturated heterocycles. The molecule has 2 rings (SSSR count). The Morgan fingerprint density at radius 2 is 2.36 bits per heavy atom. The van der Waals surface area contributed by atoms with E-state index < -0.39 is 6.67 Å². The molecule has 2 nitrogen and oxygen atoms in total. The molecule has 0 aliphatic heterocycles. The first kappa shape index (κ1) is 6.34. The molecule has 11 heavy (non-hydrogen) atoms. The molecule has 2 aromatic rings. The van der Waals surface area contributed by atoms with Gasteiger partial charge in [-0.15, -0.1) is 0 Å². The second kappa shape index (κ2) is 2.34. The topological polar surface area (TPSA) is 28.7 Å². The Hall–Kier alpha value is -1.38. The molecule has 0 aliphatic rings. The summed E-state index contributed by atoms with van der Waals surface area (Å²) in [7, 11) is 0. The smallest absolute Gasteiger partial charge is 0.115 e. The van der Waals surface area contributed by atoms with Crippen molar-refractivity contribution < 1.29 is 4.39 Å². The number of H-pyrrole nitrogens is 1. The standard InChI is InChI=1S/C8H7FN2/c9-4-6-1-2-7-5-10-11-8(7)3-6/h1-3,5H,4H2,(H,10,11). The van der Waals surface area contributed by atoms with E-state index >= 15 is 0 Å². The fraction of sp³-hybridized carbons (Fsp3) is 0.125. The van der Waals surface area contributed by atoms with Gasteiger partial charge in [0.15, 0.2) is 0 Å². The van der Waals surface area contributed by atoms with Crippen LogP contribution in [0.5, 0.6) is 0 Å². The highest BCUT2D eigenvalue weighted by Gasteiger charge is 1.95. The van der Waals surface area contributed by atoms with E-state index in [0.717, 1.165) is 10.9 Å². The zero-order valence-electron chi connectivity index (χ0n) is 5.84. The van der Waals surface area contributed by atoms with Gasteiger partial charge in [-0.2, -0.15) is 5.10 Å². The number of hydrogen-bond donors (Lipinski definition) is 1. The van der Waals surface area contributed by atoms with Crippen LogP contribution in [0.2, 0.25) is 0 Å². The van der Waals surface area contributed by atoms with Crippen molar-refractivity contribution >= 4 is 10.9 Å². The SMILES string of the molecule is FCc1ccc2cn[nH]c2c1. The fourth-order valence-electron chi connectivity index (χ4n) is 1.07.